The highest BCUT2D eigenvalue weighted by Gasteiger charge is 2.32. The summed E-state index contributed by atoms with van der Waals surface area (Å²) in [5, 5.41) is 2.94. The van der Waals surface area contributed by atoms with E-state index in [0.717, 1.165) is 6.42 Å². The van der Waals surface area contributed by atoms with Gasteiger partial charge in [0, 0.05) is 18.4 Å². The van der Waals surface area contributed by atoms with Gasteiger partial charge in [-0.15, -0.1) is 0 Å². The van der Waals surface area contributed by atoms with Crippen molar-refractivity contribution in [3.8, 4) is 0 Å². The lowest BCUT2D eigenvalue weighted by Gasteiger charge is -2.31. The summed E-state index contributed by atoms with van der Waals surface area (Å²) < 4.78 is 21.5. The van der Waals surface area contributed by atoms with E-state index in [1.807, 2.05) is 13.8 Å². The molecule has 0 fully saturated rings. The summed E-state index contributed by atoms with van der Waals surface area (Å²) in [4.78, 5) is 23.0. The quantitative estimate of drug-likeness (QED) is 0.376. The minimum absolute atomic E-state index is 0.0599. The van der Waals surface area contributed by atoms with Crippen molar-refractivity contribution in [2.45, 2.75) is 54.4 Å². The zero-order chi connectivity index (χ0) is 21.5. The Hall–Kier alpha value is -1.02. The van der Waals surface area contributed by atoms with Crippen molar-refractivity contribution in [1.29, 1.82) is 0 Å². The second-order valence-electron chi connectivity index (χ2n) is 8.78. The first kappa shape index (κ1) is 27.0. The summed E-state index contributed by atoms with van der Waals surface area (Å²) in [6.45, 7) is 16.3. The number of rotatable bonds is 17. The van der Waals surface area contributed by atoms with Gasteiger partial charge in [-0.25, -0.2) is 0 Å². The maximum atomic E-state index is 12.3. The van der Waals surface area contributed by atoms with Gasteiger partial charge in [0.05, 0.1) is 52.9 Å². The summed E-state index contributed by atoms with van der Waals surface area (Å²) in [6, 6.07) is 0. The third-order valence-corrected chi connectivity index (χ3v) is 3.83. The standard InChI is InChI=1S/C21H41NO6/c1-18(23)7-9-25-11-13-27-15-16-28-14-12-26-10-8-22-19(24)21(5,6)17-20(2,3)4/h7-17H2,1-6H3,(H,22,24). The summed E-state index contributed by atoms with van der Waals surface area (Å²) in [6.07, 6.45) is 1.27. The normalized spacial score (nSPS) is 12.2. The zero-order valence-electron chi connectivity index (χ0n) is 18.7. The molecule has 0 aromatic heterocycles. The lowest BCUT2D eigenvalue weighted by atomic mass is 9.76. The first-order valence-corrected chi connectivity index (χ1v) is 10.1. The Morgan fingerprint density at radius 3 is 1.57 bits per heavy atom. The zero-order valence-corrected chi connectivity index (χ0v) is 18.7. The lowest BCUT2D eigenvalue weighted by Crippen LogP contribution is -2.40. The molecule has 0 aliphatic rings. The molecule has 0 unspecified atom stereocenters. The van der Waals surface area contributed by atoms with E-state index in [2.05, 4.69) is 26.1 Å². The third-order valence-electron chi connectivity index (χ3n) is 3.83. The van der Waals surface area contributed by atoms with E-state index in [4.69, 9.17) is 18.9 Å². The van der Waals surface area contributed by atoms with E-state index in [1.54, 1.807) is 6.92 Å². The molecule has 166 valence electrons. The van der Waals surface area contributed by atoms with Crippen LogP contribution in [0.1, 0.15) is 54.4 Å². The molecule has 28 heavy (non-hydrogen) atoms. The van der Waals surface area contributed by atoms with E-state index in [-0.39, 0.29) is 22.5 Å². The van der Waals surface area contributed by atoms with Gasteiger partial charge in [-0.3, -0.25) is 9.59 Å². The third kappa shape index (κ3) is 17.1. The molecule has 0 aliphatic heterocycles. The van der Waals surface area contributed by atoms with Crippen LogP contribution in [0.2, 0.25) is 0 Å². The number of ketones is 1. The molecule has 0 saturated carbocycles. The molecular weight excluding hydrogens is 362 g/mol. The molecule has 0 saturated heterocycles. The molecule has 0 spiro atoms. The van der Waals surface area contributed by atoms with E-state index < -0.39 is 0 Å². The van der Waals surface area contributed by atoms with Gasteiger partial charge in [-0.2, -0.15) is 0 Å². The number of Topliss-reactive ketones (excluding diaryl/α,β-unsaturated/α-hetero) is 1. The highest BCUT2D eigenvalue weighted by atomic mass is 16.6. The Bertz CT molecular complexity index is 431. The van der Waals surface area contributed by atoms with E-state index in [0.29, 0.717) is 65.8 Å². The Labute approximate surface area is 170 Å². The lowest BCUT2D eigenvalue weighted by molar-refractivity contribution is -0.131. The molecule has 7 nitrogen and oxygen atoms in total. The SMILES string of the molecule is CC(=O)CCOCCOCCOCCOCCNC(=O)C(C)(C)CC(C)(C)C. The van der Waals surface area contributed by atoms with Crippen LogP contribution in [0.4, 0.5) is 0 Å². The van der Waals surface area contributed by atoms with Gasteiger partial charge in [0.15, 0.2) is 0 Å². The van der Waals surface area contributed by atoms with Crippen molar-refractivity contribution in [3.05, 3.63) is 0 Å². The molecule has 0 aromatic carbocycles. The van der Waals surface area contributed by atoms with Gasteiger partial charge in [0.1, 0.15) is 5.78 Å². The van der Waals surface area contributed by atoms with Gasteiger partial charge in [0.25, 0.3) is 0 Å². The van der Waals surface area contributed by atoms with Crippen molar-refractivity contribution in [3.63, 3.8) is 0 Å². The van der Waals surface area contributed by atoms with Crippen molar-refractivity contribution in [2.75, 3.05) is 59.4 Å². The van der Waals surface area contributed by atoms with Crippen LogP contribution in [0.5, 0.6) is 0 Å². The van der Waals surface area contributed by atoms with Crippen molar-refractivity contribution >= 4 is 11.7 Å². The summed E-state index contributed by atoms with van der Waals surface area (Å²) in [7, 11) is 0. The predicted molar refractivity (Wildman–Crippen MR) is 109 cm³/mol. The topological polar surface area (TPSA) is 83.1 Å². The fourth-order valence-corrected chi connectivity index (χ4v) is 2.86. The average Bonchev–Trinajstić information content (AvgIpc) is 2.55. The number of nitrogens with one attached hydrogen (secondary N) is 1. The number of ether oxygens (including phenoxy) is 4. The second-order valence-corrected chi connectivity index (χ2v) is 8.78. The average molecular weight is 404 g/mol. The number of carbonyl (C=O) groups excluding carboxylic acids is 2. The van der Waals surface area contributed by atoms with Gasteiger partial charge in [-0.1, -0.05) is 34.6 Å². The van der Waals surface area contributed by atoms with E-state index in [9.17, 15) is 9.59 Å². The summed E-state index contributed by atoms with van der Waals surface area (Å²) in [5.41, 5.74) is -0.277. The molecule has 0 aromatic rings. The summed E-state index contributed by atoms with van der Waals surface area (Å²) >= 11 is 0. The predicted octanol–water partition coefficient (Wildman–Crippen LogP) is 2.61. The fraction of sp³-hybridized carbons (Fsp3) is 0.905. The largest absolute Gasteiger partial charge is 0.379 e. The number of amides is 1. The molecule has 0 rings (SSSR count). The van der Waals surface area contributed by atoms with Crippen LogP contribution < -0.4 is 5.32 Å². The molecule has 1 N–H and O–H groups in total. The number of carbonyl (C=O) groups is 2. The first-order valence-electron chi connectivity index (χ1n) is 10.1. The van der Waals surface area contributed by atoms with Crippen molar-refractivity contribution in [1.82, 2.24) is 5.32 Å². The molecule has 7 heteroatoms. The molecule has 0 atom stereocenters. The molecule has 0 heterocycles. The van der Waals surface area contributed by atoms with Crippen LogP contribution in [0.15, 0.2) is 0 Å². The number of hydrogen-bond donors (Lipinski definition) is 1. The smallest absolute Gasteiger partial charge is 0.225 e. The molecule has 0 bridgehead atoms. The van der Waals surface area contributed by atoms with Crippen LogP contribution in [-0.4, -0.2) is 71.1 Å². The van der Waals surface area contributed by atoms with Crippen LogP contribution in [0.25, 0.3) is 0 Å². The van der Waals surface area contributed by atoms with E-state index >= 15 is 0 Å². The fourth-order valence-electron chi connectivity index (χ4n) is 2.86. The van der Waals surface area contributed by atoms with Gasteiger partial charge in [0.2, 0.25) is 5.91 Å². The van der Waals surface area contributed by atoms with Gasteiger partial charge < -0.3 is 24.3 Å². The second kappa shape index (κ2) is 14.9. The Balaban J connectivity index is 3.42. The Morgan fingerprint density at radius 2 is 1.14 bits per heavy atom. The van der Waals surface area contributed by atoms with Crippen LogP contribution in [0.3, 0.4) is 0 Å². The number of hydrogen-bond acceptors (Lipinski definition) is 6. The maximum absolute atomic E-state index is 12.3. The molecule has 0 radical (unpaired) electrons. The maximum Gasteiger partial charge on any atom is 0.225 e. The minimum atomic E-state index is -0.389. The van der Waals surface area contributed by atoms with Crippen molar-refractivity contribution in [2.24, 2.45) is 10.8 Å². The van der Waals surface area contributed by atoms with Crippen LogP contribution in [0, 0.1) is 10.8 Å². The minimum Gasteiger partial charge on any atom is -0.379 e. The molecule has 0 aliphatic carbocycles. The monoisotopic (exact) mass is 403 g/mol. The summed E-state index contributed by atoms with van der Waals surface area (Å²) in [5.74, 6) is 0.188. The molecular formula is C21H41NO6. The van der Waals surface area contributed by atoms with E-state index in [1.165, 1.54) is 0 Å². The highest BCUT2D eigenvalue weighted by Crippen LogP contribution is 2.33. The van der Waals surface area contributed by atoms with Gasteiger partial charge in [-0.05, 0) is 18.8 Å². The molecule has 1 amide bonds. The van der Waals surface area contributed by atoms with Crippen molar-refractivity contribution < 1.29 is 28.5 Å². The Morgan fingerprint density at radius 1 is 0.714 bits per heavy atom. The van der Waals surface area contributed by atoms with Crippen LogP contribution in [-0.2, 0) is 28.5 Å². The highest BCUT2D eigenvalue weighted by molar-refractivity contribution is 5.81. The van der Waals surface area contributed by atoms with Gasteiger partial charge >= 0.3 is 0 Å². The van der Waals surface area contributed by atoms with Crippen LogP contribution >= 0.6 is 0 Å². The Kier molecular flexibility index (Phi) is 14.4. The first-order chi connectivity index (χ1) is 13.0.